The molecule has 3 rings (SSSR count). The summed E-state index contributed by atoms with van der Waals surface area (Å²) in [7, 11) is -0.892. The summed E-state index contributed by atoms with van der Waals surface area (Å²) >= 11 is 0. The van der Waals surface area contributed by atoms with Crippen LogP contribution < -0.4 is 4.74 Å². The fourth-order valence-corrected chi connectivity index (χ4v) is 2.63. The minimum absolute atomic E-state index is 0.278. The lowest BCUT2D eigenvalue weighted by Gasteiger charge is -2.32. The third kappa shape index (κ3) is 3.26. The molecule has 0 aromatic carbocycles. The third-order valence-electron chi connectivity index (χ3n) is 4.88. The predicted molar refractivity (Wildman–Crippen MR) is 84.5 cm³/mol. The molecule has 5 nitrogen and oxygen atoms in total. The van der Waals surface area contributed by atoms with Crippen LogP contribution in [0.2, 0.25) is 0 Å². The van der Waals surface area contributed by atoms with E-state index in [-0.39, 0.29) is 5.73 Å². The Morgan fingerprint density at radius 1 is 1.30 bits per heavy atom. The van der Waals surface area contributed by atoms with Crippen molar-refractivity contribution in [3.05, 3.63) is 29.6 Å². The molecule has 1 saturated carbocycles. The number of allylic oxidation sites excluding steroid dienone is 1. The van der Waals surface area contributed by atoms with Gasteiger partial charge in [0, 0.05) is 18.2 Å². The van der Waals surface area contributed by atoms with Gasteiger partial charge in [-0.3, -0.25) is 0 Å². The molecule has 0 radical (unpaired) electrons. The van der Waals surface area contributed by atoms with Crippen LogP contribution in [0.15, 0.2) is 29.6 Å². The summed E-state index contributed by atoms with van der Waals surface area (Å²) in [6, 6.07) is 3.53. The molecule has 7 heteroatoms. The molecule has 0 N–H and O–H groups in total. The van der Waals surface area contributed by atoms with Crippen molar-refractivity contribution in [2.75, 3.05) is 6.61 Å². The Morgan fingerprint density at radius 3 is 2.52 bits per heavy atom. The number of hydrogen-bond acceptors (Lipinski definition) is 5. The molecule has 1 aromatic heterocycles. The summed E-state index contributed by atoms with van der Waals surface area (Å²) in [5, 5.41) is 7.61. The standard InChI is InChI=1S/C16H22BFN2O3/c1-15(2)16(3,4)23-17(22-15)14(18)12-8-11(9-12)10-21-13-6-5-7-19-20-13/h5-7,11H,8-10H2,1-4H3. The predicted octanol–water partition coefficient (Wildman–Crippen LogP) is 3.12. The second-order valence-electron chi connectivity index (χ2n) is 7.19. The first-order valence-corrected chi connectivity index (χ1v) is 7.92. The summed E-state index contributed by atoms with van der Waals surface area (Å²) in [6.45, 7) is 8.19. The lowest BCUT2D eigenvalue weighted by Crippen LogP contribution is -2.41. The highest BCUT2D eigenvalue weighted by molar-refractivity contribution is 6.53. The molecule has 0 spiro atoms. The van der Waals surface area contributed by atoms with Gasteiger partial charge >= 0.3 is 7.12 Å². The zero-order chi connectivity index (χ0) is 16.7. The monoisotopic (exact) mass is 320 g/mol. The van der Waals surface area contributed by atoms with E-state index in [1.165, 1.54) is 0 Å². The molecular formula is C16H22BFN2O3. The van der Waals surface area contributed by atoms with Crippen molar-refractivity contribution < 1.29 is 18.4 Å². The largest absolute Gasteiger partial charge is 0.525 e. The molecule has 124 valence electrons. The molecule has 0 atom stereocenters. The summed E-state index contributed by atoms with van der Waals surface area (Å²) in [5.41, 5.74) is -0.558. The second kappa shape index (κ2) is 5.87. The average molecular weight is 320 g/mol. The van der Waals surface area contributed by atoms with Gasteiger partial charge in [-0.1, -0.05) is 0 Å². The lowest BCUT2D eigenvalue weighted by atomic mass is 9.73. The molecule has 0 bridgehead atoms. The first kappa shape index (κ1) is 16.4. The van der Waals surface area contributed by atoms with Gasteiger partial charge in [-0.25, -0.2) is 4.39 Å². The SMILES string of the molecule is CC1(C)OB(C(F)=C2CC(COc3cccnn3)C2)OC1(C)C. The van der Waals surface area contributed by atoms with Gasteiger partial charge in [0.2, 0.25) is 5.88 Å². The van der Waals surface area contributed by atoms with E-state index in [9.17, 15) is 4.39 Å². The molecule has 2 fully saturated rings. The van der Waals surface area contributed by atoms with Crippen LogP contribution in [0.1, 0.15) is 40.5 Å². The fourth-order valence-electron chi connectivity index (χ4n) is 2.63. The number of aromatic nitrogens is 2. The highest BCUT2D eigenvalue weighted by Crippen LogP contribution is 2.43. The van der Waals surface area contributed by atoms with Gasteiger partial charge in [-0.2, -0.15) is 5.10 Å². The van der Waals surface area contributed by atoms with Crippen LogP contribution in [0.5, 0.6) is 5.88 Å². The summed E-state index contributed by atoms with van der Waals surface area (Å²) < 4.78 is 31.6. The number of nitrogens with zero attached hydrogens (tertiary/aromatic N) is 2. The van der Waals surface area contributed by atoms with Crippen molar-refractivity contribution in [1.82, 2.24) is 10.2 Å². The quantitative estimate of drug-likeness (QED) is 0.798. The van der Waals surface area contributed by atoms with Crippen molar-refractivity contribution in [2.45, 2.75) is 51.7 Å². The molecule has 1 aromatic rings. The molecule has 23 heavy (non-hydrogen) atoms. The van der Waals surface area contributed by atoms with E-state index in [4.69, 9.17) is 14.0 Å². The van der Waals surface area contributed by atoms with Crippen LogP contribution in [0, 0.1) is 5.92 Å². The van der Waals surface area contributed by atoms with E-state index in [0.29, 0.717) is 31.2 Å². The molecule has 1 saturated heterocycles. The van der Waals surface area contributed by atoms with Crippen LogP contribution in [-0.4, -0.2) is 35.1 Å². The Balaban J connectivity index is 1.53. The number of rotatable bonds is 4. The van der Waals surface area contributed by atoms with Crippen molar-refractivity contribution in [2.24, 2.45) is 5.92 Å². The topological polar surface area (TPSA) is 53.5 Å². The van der Waals surface area contributed by atoms with E-state index in [1.54, 1.807) is 18.3 Å². The van der Waals surface area contributed by atoms with Crippen molar-refractivity contribution in [1.29, 1.82) is 0 Å². The molecule has 2 heterocycles. The van der Waals surface area contributed by atoms with Crippen LogP contribution in [0.3, 0.4) is 0 Å². The lowest BCUT2D eigenvalue weighted by molar-refractivity contribution is 0.00578. The Bertz CT molecular complexity index is 583. The first-order valence-electron chi connectivity index (χ1n) is 7.92. The van der Waals surface area contributed by atoms with Gasteiger partial charge in [0.05, 0.1) is 17.8 Å². The summed E-state index contributed by atoms with van der Waals surface area (Å²) in [5.74, 6) is 0.788. The van der Waals surface area contributed by atoms with Crippen molar-refractivity contribution in [3.8, 4) is 5.88 Å². The molecule has 1 aliphatic carbocycles. The second-order valence-corrected chi connectivity index (χ2v) is 7.19. The molecule has 0 amide bonds. The smallest absolute Gasteiger partial charge is 0.476 e. The van der Waals surface area contributed by atoms with Crippen LogP contribution in [-0.2, 0) is 9.31 Å². The average Bonchev–Trinajstić information content (AvgIpc) is 2.66. The minimum atomic E-state index is -0.892. The van der Waals surface area contributed by atoms with E-state index in [2.05, 4.69) is 10.2 Å². The Labute approximate surface area is 136 Å². The number of halogens is 1. The Morgan fingerprint density at radius 2 is 1.96 bits per heavy atom. The Kier molecular flexibility index (Phi) is 4.18. The van der Waals surface area contributed by atoms with E-state index < -0.39 is 18.3 Å². The van der Waals surface area contributed by atoms with E-state index in [0.717, 1.165) is 5.57 Å². The molecule has 0 unspecified atom stereocenters. The summed E-state index contributed by atoms with van der Waals surface area (Å²) in [4.78, 5) is 0. The van der Waals surface area contributed by atoms with E-state index >= 15 is 0 Å². The highest BCUT2D eigenvalue weighted by Gasteiger charge is 2.54. The maximum absolute atomic E-state index is 14.5. The van der Waals surface area contributed by atoms with Gasteiger partial charge in [0.25, 0.3) is 0 Å². The number of hydrogen-bond donors (Lipinski definition) is 0. The molecular weight excluding hydrogens is 298 g/mol. The number of ether oxygens (including phenoxy) is 1. The summed E-state index contributed by atoms with van der Waals surface area (Å²) in [6.07, 6.45) is 2.92. The van der Waals surface area contributed by atoms with Gasteiger partial charge in [0.15, 0.2) is 0 Å². The van der Waals surface area contributed by atoms with Gasteiger partial charge in [-0.05, 0) is 52.2 Å². The highest BCUT2D eigenvalue weighted by atomic mass is 19.1. The van der Waals surface area contributed by atoms with E-state index in [1.807, 2.05) is 27.7 Å². The van der Waals surface area contributed by atoms with Crippen molar-refractivity contribution in [3.63, 3.8) is 0 Å². The normalized spacial score (nSPS) is 25.2. The van der Waals surface area contributed by atoms with Gasteiger partial charge < -0.3 is 14.0 Å². The zero-order valence-electron chi connectivity index (χ0n) is 14.0. The third-order valence-corrected chi connectivity index (χ3v) is 4.88. The molecule has 1 aliphatic heterocycles. The van der Waals surface area contributed by atoms with Crippen LogP contribution >= 0.6 is 0 Å². The first-order chi connectivity index (χ1) is 10.8. The minimum Gasteiger partial charge on any atom is -0.476 e. The van der Waals surface area contributed by atoms with Crippen LogP contribution in [0.25, 0.3) is 0 Å². The fraction of sp³-hybridized carbons (Fsp3) is 0.625. The maximum atomic E-state index is 14.5. The van der Waals surface area contributed by atoms with Crippen molar-refractivity contribution >= 4 is 7.12 Å². The molecule has 2 aliphatic rings. The zero-order valence-corrected chi connectivity index (χ0v) is 14.0. The van der Waals surface area contributed by atoms with Gasteiger partial charge in [0.1, 0.15) is 5.73 Å². The maximum Gasteiger partial charge on any atom is 0.525 e. The van der Waals surface area contributed by atoms with Crippen LogP contribution in [0.4, 0.5) is 4.39 Å². The Hall–Kier alpha value is -1.47. The van der Waals surface area contributed by atoms with Gasteiger partial charge in [-0.15, -0.1) is 5.10 Å².